The minimum absolute atomic E-state index is 0.0369. The van der Waals surface area contributed by atoms with Gasteiger partial charge >= 0.3 is 0 Å². The van der Waals surface area contributed by atoms with Gasteiger partial charge in [-0.3, -0.25) is 4.79 Å². The van der Waals surface area contributed by atoms with Crippen LogP contribution in [0.15, 0.2) is 13.7 Å². The third kappa shape index (κ3) is 4.58. The fourth-order valence-corrected chi connectivity index (χ4v) is 1.79. The molecule has 1 N–H and O–H groups in total. The summed E-state index contributed by atoms with van der Waals surface area (Å²) in [5, 5.41) is 2.63. The first kappa shape index (κ1) is 18.2. The third-order valence-electron chi connectivity index (χ3n) is 1.89. The van der Waals surface area contributed by atoms with Crippen molar-refractivity contribution in [3.05, 3.63) is 26.3 Å². The normalized spacial score (nSPS) is 11.7. The van der Waals surface area contributed by atoms with Crippen LogP contribution in [0.5, 0.6) is 0 Å². The molecule has 4 nitrogen and oxygen atoms in total. The van der Waals surface area contributed by atoms with Crippen molar-refractivity contribution >= 4 is 80.5 Å². The lowest BCUT2D eigenvalue weighted by Crippen LogP contribution is -2.22. The first-order valence-corrected chi connectivity index (χ1v) is 7.40. The summed E-state index contributed by atoms with van der Waals surface area (Å²) in [4.78, 5) is 15.5. The van der Waals surface area contributed by atoms with Gasteiger partial charge in [-0.1, -0.05) is 69.6 Å². The van der Waals surface area contributed by atoms with E-state index in [0.717, 1.165) is 0 Å². The van der Waals surface area contributed by atoms with Gasteiger partial charge in [0.05, 0.1) is 5.03 Å². The lowest BCUT2D eigenvalue weighted by atomic mass is 10.3. The fourth-order valence-electron chi connectivity index (χ4n) is 1.19. The lowest BCUT2D eigenvalue weighted by Gasteiger charge is -2.15. The standard InChI is InChI=1S/C10H8Cl6N2O2/c1-3(2)17-8-4(5(11)6(12)13)7(19)18-9(20-8)10(14,15)16/h3,17H,1-2H3. The molecule has 0 aliphatic rings. The molecule has 1 rings (SSSR count). The highest BCUT2D eigenvalue weighted by molar-refractivity contribution is 6.67. The number of aromatic nitrogens is 1. The van der Waals surface area contributed by atoms with Crippen LogP contribution < -0.4 is 10.9 Å². The zero-order chi connectivity index (χ0) is 15.7. The van der Waals surface area contributed by atoms with E-state index in [1.54, 1.807) is 13.8 Å². The summed E-state index contributed by atoms with van der Waals surface area (Å²) in [6.07, 6.45) is 0. The molecule has 0 aromatic carbocycles. The van der Waals surface area contributed by atoms with Gasteiger partial charge in [-0.05, 0) is 13.8 Å². The number of rotatable bonds is 3. The summed E-state index contributed by atoms with van der Waals surface area (Å²) in [6, 6.07) is -0.0962. The van der Waals surface area contributed by atoms with E-state index in [1.807, 2.05) is 0 Å². The van der Waals surface area contributed by atoms with E-state index in [1.165, 1.54) is 0 Å². The van der Waals surface area contributed by atoms with Gasteiger partial charge in [-0.15, -0.1) is 0 Å². The van der Waals surface area contributed by atoms with Gasteiger partial charge in [-0.25, -0.2) is 0 Å². The third-order valence-corrected chi connectivity index (χ3v) is 3.32. The van der Waals surface area contributed by atoms with E-state index < -0.39 is 15.2 Å². The van der Waals surface area contributed by atoms with E-state index in [0.29, 0.717) is 0 Å². The summed E-state index contributed by atoms with van der Waals surface area (Å²) in [6.45, 7) is 3.61. The average molecular weight is 401 g/mol. The van der Waals surface area contributed by atoms with Crippen LogP contribution in [0.2, 0.25) is 0 Å². The quantitative estimate of drug-likeness (QED) is 0.723. The van der Waals surface area contributed by atoms with Crippen molar-refractivity contribution < 1.29 is 4.42 Å². The maximum atomic E-state index is 12.0. The summed E-state index contributed by atoms with van der Waals surface area (Å²) < 4.78 is 2.98. The molecule has 0 saturated heterocycles. The van der Waals surface area contributed by atoms with Crippen LogP contribution in [0.4, 0.5) is 5.88 Å². The molecule has 0 fully saturated rings. The number of hydrogen-bond donors (Lipinski definition) is 1. The molecular weight excluding hydrogens is 393 g/mol. The Morgan fingerprint density at radius 3 is 2.20 bits per heavy atom. The highest BCUT2D eigenvalue weighted by atomic mass is 35.6. The topological polar surface area (TPSA) is 55.1 Å². The second-order valence-electron chi connectivity index (χ2n) is 3.90. The zero-order valence-corrected chi connectivity index (χ0v) is 14.6. The van der Waals surface area contributed by atoms with Gasteiger partial charge in [0.15, 0.2) is 0 Å². The van der Waals surface area contributed by atoms with Crippen molar-refractivity contribution in [3.8, 4) is 0 Å². The maximum absolute atomic E-state index is 12.0. The molecule has 20 heavy (non-hydrogen) atoms. The zero-order valence-electron chi connectivity index (χ0n) is 10.1. The largest absolute Gasteiger partial charge is 0.421 e. The number of nitrogens with zero attached hydrogens (tertiary/aromatic N) is 1. The summed E-state index contributed by atoms with van der Waals surface area (Å²) >= 11 is 34.0. The number of hydrogen-bond acceptors (Lipinski definition) is 4. The Balaban J connectivity index is 3.60. The molecule has 112 valence electrons. The molecule has 0 aliphatic carbocycles. The van der Waals surface area contributed by atoms with Gasteiger partial charge < -0.3 is 9.73 Å². The molecular formula is C10H8Cl6N2O2. The Morgan fingerprint density at radius 1 is 1.25 bits per heavy atom. The van der Waals surface area contributed by atoms with Crippen LogP contribution in [0.25, 0.3) is 5.03 Å². The molecule has 1 heterocycles. The predicted molar refractivity (Wildman–Crippen MR) is 85.2 cm³/mol. The van der Waals surface area contributed by atoms with E-state index in [4.69, 9.17) is 74.0 Å². The summed E-state index contributed by atoms with van der Waals surface area (Å²) in [5.41, 5.74) is -0.928. The van der Waals surface area contributed by atoms with Gasteiger partial charge in [0.2, 0.25) is 5.88 Å². The second-order valence-corrected chi connectivity index (χ2v) is 7.51. The first-order valence-electron chi connectivity index (χ1n) is 5.14. The number of halogens is 6. The fraction of sp³-hybridized carbons (Fsp3) is 0.400. The van der Waals surface area contributed by atoms with Gasteiger partial charge in [0, 0.05) is 6.04 Å². The van der Waals surface area contributed by atoms with Crippen LogP contribution >= 0.6 is 69.6 Å². The van der Waals surface area contributed by atoms with Crippen molar-refractivity contribution in [1.82, 2.24) is 4.98 Å². The van der Waals surface area contributed by atoms with Crippen LogP contribution in [0, 0.1) is 0 Å². The number of nitrogens with one attached hydrogen (secondary N) is 1. The van der Waals surface area contributed by atoms with Crippen LogP contribution in [-0.4, -0.2) is 11.0 Å². The molecule has 0 saturated carbocycles. The molecule has 1 aromatic heterocycles. The number of alkyl halides is 3. The average Bonchev–Trinajstić information content (AvgIpc) is 2.25. The van der Waals surface area contributed by atoms with Crippen molar-refractivity contribution in [1.29, 1.82) is 0 Å². The van der Waals surface area contributed by atoms with E-state index in [-0.39, 0.29) is 27.0 Å². The predicted octanol–water partition coefficient (Wildman–Crippen LogP) is 5.02. The van der Waals surface area contributed by atoms with E-state index >= 15 is 0 Å². The monoisotopic (exact) mass is 398 g/mol. The molecule has 0 unspecified atom stereocenters. The Kier molecular flexibility index (Phi) is 6.32. The smallest absolute Gasteiger partial charge is 0.287 e. The van der Waals surface area contributed by atoms with E-state index in [9.17, 15) is 4.79 Å². The molecule has 1 aromatic rings. The van der Waals surface area contributed by atoms with Crippen LogP contribution in [-0.2, 0) is 3.79 Å². The molecule has 0 aliphatic heterocycles. The number of anilines is 1. The van der Waals surface area contributed by atoms with Crippen molar-refractivity contribution in [3.63, 3.8) is 0 Å². The lowest BCUT2D eigenvalue weighted by molar-refractivity contribution is 0.477. The van der Waals surface area contributed by atoms with Gasteiger partial charge in [-0.2, -0.15) is 4.98 Å². The molecule has 0 amide bonds. The first-order chi connectivity index (χ1) is 9.04. The molecule has 0 bridgehead atoms. The minimum Gasteiger partial charge on any atom is -0.421 e. The summed E-state index contributed by atoms with van der Waals surface area (Å²) in [5.74, 6) is -0.431. The van der Waals surface area contributed by atoms with Crippen molar-refractivity contribution in [2.75, 3.05) is 5.32 Å². The Bertz CT molecular complexity index is 586. The Labute approximate surface area is 144 Å². The molecule has 10 heteroatoms. The van der Waals surface area contributed by atoms with Crippen molar-refractivity contribution in [2.24, 2.45) is 0 Å². The van der Waals surface area contributed by atoms with Crippen molar-refractivity contribution in [2.45, 2.75) is 23.7 Å². The molecule has 0 atom stereocenters. The maximum Gasteiger partial charge on any atom is 0.287 e. The molecule has 0 spiro atoms. The van der Waals surface area contributed by atoms with Gasteiger partial charge in [0.1, 0.15) is 10.1 Å². The highest BCUT2D eigenvalue weighted by Gasteiger charge is 2.31. The highest BCUT2D eigenvalue weighted by Crippen LogP contribution is 2.39. The molecule has 0 radical (unpaired) electrons. The van der Waals surface area contributed by atoms with E-state index in [2.05, 4.69) is 10.3 Å². The second kappa shape index (κ2) is 6.95. The SMILES string of the molecule is CC(C)Nc1oc(C(Cl)(Cl)Cl)nc(=O)c1C(Cl)=C(Cl)Cl. The minimum atomic E-state index is -1.99. The van der Waals surface area contributed by atoms with Gasteiger partial charge in [0.25, 0.3) is 15.2 Å². The van der Waals surface area contributed by atoms with Crippen LogP contribution in [0.3, 0.4) is 0 Å². The van der Waals surface area contributed by atoms with Crippen LogP contribution in [0.1, 0.15) is 25.3 Å². The Morgan fingerprint density at radius 2 is 1.80 bits per heavy atom. The Hall–Kier alpha value is 0.160. The summed E-state index contributed by atoms with van der Waals surface area (Å²) in [7, 11) is 0.